The summed E-state index contributed by atoms with van der Waals surface area (Å²) in [5.74, 6) is 0. The van der Waals surface area contributed by atoms with Gasteiger partial charge in [0.1, 0.15) is 6.61 Å². The fourth-order valence-corrected chi connectivity index (χ4v) is 0.896. The van der Waals surface area contributed by atoms with Crippen LogP contribution in [0.25, 0.3) is 0 Å². The molecule has 0 bridgehead atoms. The Morgan fingerprint density at radius 3 is 2.50 bits per heavy atom. The third kappa shape index (κ3) is 2.84. The van der Waals surface area contributed by atoms with E-state index in [1.165, 1.54) is 0 Å². The van der Waals surface area contributed by atoms with Crippen molar-refractivity contribution in [1.82, 2.24) is 0 Å². The normalized spacial score (nSPS) is 9.42. The van der Waals surface area contributed by atoms with Crippen LogP contribution in [0.1, 0.15) is 5.56 Å². The van der Waals surface area contributed by atoms with Crippen LogP contribution in [0.3, 0.4) is 0 Å². The SMILES string of the molecule is NC(=O)OCc1ccc(S)cc1. The Balaban J connectivity index is 2.53. The smallest absolute Gasteiger partial charge is 0.404 e. The summed E-state index contributed by atoms with van der Waals surface area (Å²) < 4.78 is 4.58. The van der Waals surface area contributed by atoms with E-state index >= 15 is 0 Å². The van der Waals surface area contributed by atoms with Crippen molar-refractivity contribution in [3.05, 3.63) is 29.8 Å². The van der Waals surface area contributed by atoms with Crippen molar-refractivity contribution in [2.24, 2.45) is 5.73 Å². The molecule has 0 aliphatic heterocycles. The minimum Gasteiger partial charge on any atom is -0.445 e. The van der Waals surface area contributed by atoms with Crippen LogP contribution in [0, 0.1) is 0 Å². The maximum atomic E-state index is 10.2. The molecule has 0 saturated carbocycles. The first kappa shape index (κ1) is 8.93. The van der Waals surface area contributed by atoms with E-state index in [1.54, 1.807) is 0 Å². The van der Waals surface area contributed by atoms with Crippen molar-refractivity contribution >= 4 is 18.7 Å². The Hall–Kier alpha value is -1.16. The first-order valence-corrected chi connectivity index (χ1v) is 3.83. The average Bonchev–Trinajstić information content (AvgIpc) is 2.03. The number of hydrogen-bond donors (Lipinski definition) is 2. The molecule has 0 fully saturated rings. The Bertz CT molecular complexity index is 271. The molecule has 0 spiro atoms. The van der Waals surface area contributed by atoms with E-state index in [0.29, 0.717) is 0 Å². The van der Waals surface area contributed by atoms with Gasteiger partial charge in [-0.05, 0) is 17.7 Å². The zero-order valence-electron chi connectivity index (χ0n) is 6.36. The van der Waals surface area contributed by atoms with Gasteiger partial charge < -0.3 is 10.5 Å². The lowest BCUT2D eigenvalue weighted by Gasteiger charge is -2.00. The molecule has 0 saturated heterocycles. The number of rotatable bonds is 2. The van der Waals surface area contributed by atoms with Crippen LogP contribution in [0.2, 0.25) is 0 Å². The van der Waals surface area contributed by atoms with Crippen LogP contribution < -0.4 is 5.73 Å². The van der Waals surface area contributed by atoms with E-state index < -0.39 is 6.09 Å². The molecule has 0 aliphatic carbocycles. The molecule has 0 aliphatic rings. The third-order valence-corrected chi connectivity index (χ3v) is 1.62. The highest BCUT2D eigenvalue weighted by Gasteiger charge is 1.95. The quantitative estimate of drug-likeness (QED) is 0.684. The minimum absolute atomic E-state index is 0.212. The highest BCUT2D eigenvalue weighted by Crippen LogP contribution is 2.08. The van der Waals surface area contributed by atoms with E-state index in [1.807, 2.05) is 24.3 Å². The molecule has 1 amide bonds. The number of carbonyl (C=O) groups is 1. The zero-order chi connectivity index (χ0) is 8.97. The van der Waals surface area contributed by atoms with Crippen molar-refractivity contribution in [3.8, 4) is 0 Å². The summed E-state index contributed by atoms with van der Waals surface area (Å²) in [5.41, 5.74) is 5.69. The van der Waals surface area contributed by atoms with E-state index in [4.69, 9.17) is 5.73 Å². The molecule has 0 radical (unpaired) electrons. The van der Waals surface area contributed by atoms with Crippen LogP contribution in [-0.4, -0.2) is 6.09 Å². The van der Waals surface area contributed by atoms with Gasteiger partial charge in [0.05, 0.1) is 0 Å². The third-order valence-electron chi connectivity index (χ3n) is 1.32. The summed E-state index contributed by atoms with van der Waals surface area (Å²) in [5, 5.41) is 0. The number of amides is 1. The fourth-order valence-electron chi connectivity index (χ4n) is 0.747. The topological polar surface area (TPSA) is 52.3 Å². The maximum Gasteiger partial charge on any atom is 0.404 e. The number of nitrogens with two attached hydrogens (primary N) is 1. The first-order valence-electron chi connectivity index (χ1n) is 3.38. The van der Waals surface area contributed by atoms with Crippen molar-refractivity contribution in [3.63, 3.8) is 0 Å². The maximum absolute atomic E-state index is 10.2. The second-order valence-electron chi connectivity index (χ2n) is 2.27. The second kappa shape index (κ2) is 4.01. The summed E-state index contributed by atoms with van der Waals surface area (Å²) in [7, 11) is 0. The van der Waals surface area contributed by atoms with Gasteiger partial charge in [-0.1, -0.05) is 12.1 Å². The Kier molecular flexibility index (Phi) is 2.99. The van der Waals surface area contributed by atoms with Crippen LogP contribution in [0.5, 0.6) is 0 Å². The summed E-state index contributed by atoms with van der Waals surface area (Å²) in [6, 6.07) is 7.29. The minimum atomic E-state index is -0.759. The van der Waals surface area contributed by atoms with Crippen LogP contribution in [0.15, 0.2) is 29.2 Å². The van der Waals surface area contributed by atoms with Crippen molar-refractivity contribution in [2.45, 2.75) is 11.5 Å². The van der Waals surface area contributed by atoms with Crippen molar-refractivity contribution in [2.75, 3.05) is 0 Å². The molecular weight excluding hydrogens is 174 g/mol. The Labute approximate surface area is 75.9 Å². The molecule has 0 atom stereocenters. The van der Waals surface area contributed by atoms with Gasteiger partial charge in [-0.3, -0.25) is 0 Å². The molecule has 12 heavy (non-hydrogen) atoms. The molecular formula is C8H9NO2S. The summed E-state index contributed by atoms with van der Waals surface area (Å²) in [4.78, 5) is 11.1. The first-order chi connectivity index (χ1) is 5.68. The predicted molar refractivity (Wildman–Crippen MR) is 48.1 cm³/mol. The summed E-state index contributed by atoms with van der Waals surface area (Å²) >= 11 is 4.11. The van der Waals surface area contributed by atoms with E-state index in [-0.39, 0.29) is 6.61 Å². The van der Waals surface area contributed by atoms with Crippen LogP contribution >= 0.6 is 12.6 Å². The molecule has 64 valence electrons. The predicted octanol–water partition coefficient (Wildman–Crippen LogP) is 1.57. The Morgan fingerprint density at radius 1 is 1.42 bits per heavy atom. The second-order valence-corrected chi connectivity index (χ2v) is 2.79. The molecule has 1 aromatic carbocycles. The number of primary amides is 1. The number of ether oxygens (including phenoxy) is 1. The van der Waals surface area contributed by atoms with Crippen LogP contribution in [0.4, 0.5) is 4.79 Å². The van der Waals surface area contributed by atoms with Gasteiger partial charge in [-0.2, -0.15) is 0 Å². The number of carbonyl (C=O) groups excluding carboxylic acids is 1. The molecule has 4 heteroatoms. The molecule has 3 nitrogen and oxygen atoms in total. The largest absolute Gasteiger partial charge is 0.445 e. The van der Waals surface area contributed by atoms with Gasteiger partial charge >= 0.3 is 6.09 Å². The van der Waals surface area contributed by atoms with Gasteiger partial charge in [-0.15, -0.1) is 12.6 Å². The number of thiol groups is 1. The molecule has 0 heterocycles. The van der Waals surface area contributed by atoms with Gasteiger partial charge in [0.2, 0.25) is 0 Å². The summed E-state index contributed by atoms with van der Waals surface area (Å²) in [6.07, 6.45) is -0.759. The van der Waals surface area contributed by atoms with Gasteiger partial charge in [0.25, 0.3) is 0 Å². The number of benzene rings is 1. The highest BCUT2D eigenvalue weighted by molar-refractivity contribution is 7.80. The molecule has 0 aromatic heterocycles. The molecule has 1 rings (SSSR count). The van der Waals surface area contributed by atoms with Gasteiger partial charge in [-0.25, -0.2) is 4.79 Å². The number of hydrogen-bond acceptors (Lipinski definition) is 3. The van der Waals surface area contributed by atoms with Crippen LogP contribution in [-0.2, 0) is 11.3 Å². The summed E-state index contributed by atoms with van der Waals surface area (Å²) in [6.45, 7) is 0.212. The fraction of sp³-hybridized carbons (Fsp3) is 0.125. The van der Waals surface area contributed by atoms with Crippen molar-refractivity contribution in [1.29, 1.82) is 0 Å². The Morgan fingerprint density at radius 2 is 2.00 bits per heavy atom. The standard InChI is InChI=1S/C8H9NO2S/c9-8(10)11-5-6-1-3-7(12)4-2-6/h1-4,12H,5H2,(H2,9,10). The highest BCUT2D eigenvalue weighted by atomic mass is 32.1. The monoisotopic (exact) mass is 183 g/mol. The molecule has 2 N–H and O–H groups in total. The van der Waals surface area contributed by atoms with E-state index in [0.717, 1.165) is 10.5 Å². The van der Waals surface area contributed by atoms with Crippen molar-refractivity contribution < 1.29 is 9.53 Å². The zero-order valence-corrected chi connectivity index (χ0v) is 7.25. The molecule has 0 unspecified atom stereocenters. The van der Waals surface area contributed by atoms with E-state index in [2.05, 4.69) is 17.4 Å². The average molecular weight is 183 g/mol. The lowest BCUT2D eigenvalue weighted by molar-refractivity contribution is 0.150. The van der Waals surface area contributed by atoms with Gasteiger partial charge in [0.15, 0.2) is 0 Å². The lowest BCUT2D eigenvalue weighted by atomic mass is 10.2. The van der Waals surface area contributed by atoms with E-state index in [9.17, 15) is 4.79 Å². The molecule has 1 aromatic rings. The lowest BCUT2D eigenvalue weighted by Crippen LogP contribution is -2.12. The van der Waals surface area contributed by atoms with Gasteiger partial charge in [0, 0.05) is 4.90 Å².